The third-order valence-corrected chi connectivity index (χ3v) is 9.05. The number of terminal acetylenes is 1. The van der Waals surface area contributed by atoms with E-state index >= 15 is 0 Å². The van der Waals surface area contributed by atoms with Crippen LogP contribution in [0.1, 0.15) is 58.6 Å². The number of phosphoric ester groups is 1. The number of nitrogens with one attached hydrogen (secondary N) is 1. The number of H-pyrrole nitrogens is 1. The molecule has 0 aromatic carbocycles. The molecule has 11 nitrogen and oxygen atoms in total. The van der Waals surface area contributed by atoms with Gasteiger partial charge in [0, 0.05) is 12.3 Å². The minimum atomic E-state index is -3.98. The molecule has 12 heteroatoms. The van der Waals surface area contributed by atoms with E-state index in [1.54, 1.807) is 13.8 Å². The number of aromatic nitrogens is 2. The summed E-state index contributed by atoms with van der Waals surface area (Å²) in [4.78, 5) is 38.3. The number of aromatic amines is 1. The van der Waals surface area contributed by atoms with Crippen LogP contribution in [-0.4, -0.2) is 46.0 Å². The second-order valence-corrected chi connectivity index (χ2v) is 11.4. The first-order valence-corrected chi connectivity index (χ1v) is 13.4. The van der Waals surface area contributed by atoms with Crippen LogP contribution in [-0.2, 0) is 32.4 Å². The maximum Gasteiger partial charge on any atom is 0.476 e. The molecule has 4 aliphatic rings. The molecule has 0 radical (unpaired) electrons. The van der Waals surface area contributed by atoms with Crippen molar-refractivity contribution >= 4 is 13.8 Å². The van der Waals surface area contributed by atoms with Gasteiger partial charge in [-0.2, -0.15) is 0 Å². The summed E-state index contributed by atoms with van der Waals surface area (Å²) in [6.45, 7) is 3.35. The number of hydrogen-bond donors (Lipinski definition) is 1. The summed E-state index contributed by atoms with van der Waals surface area (Å²) in [6.07, 6.45) is 10.1. The van der Waals surface area contributed by atoms with Crippen LogP contribution in [0.2, 0.25) is 0 Å². The molecule has 7 atom stereocenters. The number of nitrogens with zero attached hydrogens (tertiary/aromatic N) is 1. The molecular weight excluding hydrogens is 479 g/mol. The molecule has 1 N–H and O–H groups in total. The quantitative estimate of drug-likeness (QED) is 0.334. The zero-order valence-electron chi connectivity index (χ0n) is 19.6. The SMILES string of the molecule is C#C[C@@]1(C)[C@H](n2ccc(=O)[nH]c2=O)O[C@@H]2C3O[P@](=O)(OCCC(C)C(=O)OC4CCCCC4)O[C@]321. The third-order valence-electron chi connectivity index (χ3n) is 7.54. The number of rotatable bonds is 7. The van der Waals surface area contributed by atoms with E-state index in [0.29, 0.717) is 0 Å². The van der Waals surface area contributed by atoms with Crippen molar-refractivity contribution in [2.75, 3.05) is 6.61 Å². The molecule has 190 valence electrons. The predicted octanol–water partition coefficient (Wildman–Crippen LogP) is 2.27. The fourth-order valence-corrected chi connectivity index (χ4v) is 7.13. The van der Waals surface area contributed by atoms with E-state index in [0.717, 1.165) is 25.7 Å². The van der Waals surface area contributed by atoms with Crippen LogP contribution in [0.5, 0.6) is 0 Å². The topological polar surface area (TPSA) is 135 Å². The van der Waals surface area contributed by atoms with Gasteiger partial charge < -0.3 is 9.47 Å². The van der Waals surface area contributed by atoms with E-state index in [1.165, 1.54) is 23.3 Å². The van der Waals surface area contributed by atoms with E-state index in [4.69, 9.17) is 29.5 Å². The lowest BCUT2D eigenvalue weighted by atomic mass is 9.81. The van der Waals surface area contributed by atoms with E-state index in [9.17, 15) is 18.9 Å². The maximum atomic E-state index is 13.2. The van der Waals surface area contributed by atoms with Gasteiger partial charge in [-0.25, -0.2) is 9.36 Å². The Morgan fingerprint density at radius 1 is 1.34 bits per heavy atom. The molecule has 0 bridgehead atoms. The number of phosphoric acid groups is 1. The minimum absolute atomic E-state index is 0.0330. The van der Waals surface area contributed by atoms with E-state index in [-0.39, 0.29) is 25.1 Å². The van der Waals surface area contributed by atoms with Crippen molar-refractivity contribution in [3.8, 4) is 12.3 Å². The van der Waals surface area contributed by atoms with Crippen molar-refractivity contribution in [2.45, 2.75) is 82.5 Å². The number of fused-ring (bicyclic) bond motifs is 1. The molecule has 2 aliphatic carbocycles. The molecule has 2 aliphatic heterocycles. The van der Waals surface area contributed by atoms with Crippen LogP contribution in [0.3, 0.4) is 0 Å². The molecule has 2 saturated carbocycles. The Balaban J connectivity index is 1.21. The zero-order valence-corrected chi connectivity index (χ0v) is 20.5. The van der Waals surface area contributed by atoms with Crippen molar-refractivity contribution in [2.24, 2.45) is 11.3 Å². The van der Waals surface area contributed by atoms with Gasteiger partial charge in [0.25, 0.3) is 5.56 Å². The minimum Gasteiger partial charge on any atom is -0.462 e. The average Bonchev–Trinajstić information content (AvgIpc) is 3.13. The van der Waals surface area contributed by atoms with Crippen molar-refractivity contribution in [1.29, 1.82) is 0 Å². The van der Waals surface area contributed by atoms with Crippen molar-refractivity contribution in [3.05, 3.63) is 33.1 Å². The van der Waals surface area contributed by atoms with Gasteiger partial charge in [0.1, 0.15) is 23.7 Å². The lowest BCUT2D eigenvalue weighted by Gasteiger charge is -2.32. The summed E-state index contributed by atoms with van der Waals surface area (Å²) in [5, 5.41) is 0. The Hall–Kier alpha value is -2.22. The summed E-state index contributed by atoms with van der Waals surface area (Å²) in [7, 11) is -3.98. The fraction of sp³-hybridized carbons (Fsp3) is 0.696. The van der Waals surface area contributed by atoms with Gasteiger partial charge in [0.15, 0.2) is 11.8 Å². The van der Waals surface area contributed by atoms with Gasteiger partial charge >= 0.3 is 19.5 Å². The lowest BCUT2D eigenvalue weighted by Crippen LogP contribution is -2.44. The van der Waals surface area contributed by atoms with Crippen LogP contribution in [0.25, 0.3) is 0 Å². The van der Waals surface area contributed by atoms with Crippen molar-refractivity contribution in [3.63, 3.8) is 0 Å². The first-order valence-electron chi connectivity index (χ1n) is 11.9. The van der Waals surface area contributed by atoms with Crippen LogP contribution >= 0.6 is 7.82 Å². The summed E-state index contributed by atoms with van der Waals surface area (Å²) < 4.78 is 42.9. The molecule has 35 heavy (non-hydrogen) atoms. The summed E-state index contributed by atoms with van der Waals surface area (Å²) >= 11 is 0. The molecule has 1 aromatic heterocycles. The second kappa shape index (κ2) is 8.71. The molecule has 1 spiro atoms. The van der Waals surface area contributed by atoms with Crippen molar-refractivity contribution in [1.82, 2.24) is 9.55 Å². The van der Waals surface area contributed by atoms with Gasteiger partial charge in [-0.1, -0.05) is 19.3 Å². The van der Waals surface area contributed by atoms with Gasteiger partial charge in [-0.3, -0.25) is 32.7 Å². The largest absolute Gasteiger partial charge is 0.476 e. The Morgan fingerprint density at radius 2 is 2.09 bits per heavy atom. The number of hydrogen-bond acceptors (Lipinski definition) is 9. The molecule has 0 amide bonds. The Bertz CT molecular complexity index is 1210. The molecule has 3 heterocycles. The van der Waals surface area contributed by atoms with Gasteiger partial charge in [0.2, 0.25) is 0 Å². The van der Waals surface area contributed by atoms with Crippen molar-refractivity contribution < 1.29 is 32.4 Å². The van der Waals surface area contributed by atoms with E-state index < -0.39 is 54.4 Å². The Morgan fingerprint density at radius 3 is 2.77 bits per heavy atom. The molecule has 2 unspecified atom stereocenters. The summed E-state index contributed by atoms with van der Waals surface area (Å²) in [6, 6.07) is 1.18. The van der Waals surface area contributed by atoms with Gasteiger partial charge in [-0.05, 0) is 39.0 Å². The molecular formula is C23H29N2O9P. The first kappa shape index (κ1) is 24.5. The highest BCUT2D eigenvalue weighted by molar-refractivity contribution is 7.48. The smallest absolute Gasteiger partial charge is 0.462 e. The second-order valence-electron chi connectivity index (χ2n) is 9.85. The highest BCUT2D eigenvalue weighted by atomic mass is 31.2. The zero-order chi connectivity index (χ0) is 25.0. The van der Waals surface area contributed by atoms with Gasteiger partial charge in [-0.15, -0.1) is 6.42 Å². The Kier molecular flexibility index (Phi) is 6.09. The molecule has 4 fully saturated rings. The monoisotopic (exact) mass is 508 g/mol. The standard InChI is InChI=1S/C23H29N2O9P/c1-4-22(3)20(25-12-10-16(26)24-21(25)28)32-17-18-23(17,22)34-35(29,33-18)30-13-11-14(2)19(27)31-15-8-6-5-7-9-15/h1,10,12,14-15,17-18,20H,5-9,11,13H2,2-3H3,(H,24,26,28)/t14?,17-,18?,20-,22+,23+,35+/m1/s1. The average molecular weight is 508 g/mol. The predicted molar refractivity (Wildman–Crippen MR) is 121 cm³/mol. The molecule has 2 saturated heterocycles. The highest BCUT2D eigenvalue weighted by Crippen LogP contribution is 2.79. The normalized spacial score (nSPS) is 38.8. The number of esters is 1. The van der Waals surface area contributed by atoms with E-state index in [2.05, 4.69) is 10.9 Å². The molecule has 5 rings (SSSR count). The number of carbonyl (C=O) groups excluding carboxylic acids is 1. The van der Waals surface area contributed by atoms with Crippen LogP contribution in [0.4, 0.5) is 0 Å². The van der Waals surface area contributed by atoms with Crippen LogP contribution in [0.15, 0.2) is 21.9 Å². The maximum absolute atomic E-state index is 13.2. The number of carbonyl (C=O) groups is 1. The molecule has 1 aromatic rings. The third kappa shape index (κ3) is 3.92. The van der Waals surface area contributed by atoms with Gasteiger partial charge in [0.05, 0.1) is 12.5 Å². The van der Waals surface area contributed by atoms with Crippen LogP contribution < -0.4 is 11.2 Å². The van der Waals surface area contributed by atoms with Crippen LogP contribution in [0, 0.1) is 23.7 Å². The van der Waals surface area contributed by atoms with E-state index in [1.807, 2.05) is 0 Å². The number of ether oxygens (including phenoxy) is 2. The Labute approximate surface area is 202 Å². The summed E-state index contributed by atoms with van der Waals surface area (Å²) in [5.41, 5.74) is -3.74. The summed E-state index contributed by atoms with van der Waals surface area (Å²) in [5.74, 6) is 1.89. The highest BCUT2D eigenvalue weighted by Gasteiger charge is 2.90. The lowest BCUT2D eigenvalue weighted by molar-refractivity contribution is -0.155. The fourth-order valence-electron chi connectivity index (χ4n) is 5.33. The first-order chi connectivity index (χ1) is 16.6.